The largest absolute Gasteiger partial charge is 0.490 e. The van der Waals surface area contributed by atoms with E-state index in [0.29, 0.717) is 49.9 Å². The number of carboxylic acids is 1. The van der Waals surface area contributed by atoms with Gasteiger partial charge in [0.25, 0.3) is 5.91 Å². The van der Waals surface area contributed by atoms with Gasteiger partial charge in [-0.3, -0.25) is 4.79 Å². The molecule has 0 bridgehead atoms. The predicted octanol–water partition coefficient (Wildman–Crippen LogP) is 2.23. The predicted molar refractivity (Wildman–Crippen MR) is 87.0 cm³/mol. The van der Waals surface area contributed by atoms with Crippen LogP contribution in [-0.2, 0) is 4.79 Å². The highest BCUT2D eigenvalue weighted by atomic mass is 16.5. The van der Waals surface area contributed by atoms with E-state index in [2.05, 4.69) is 5.32 Å². The Hall–Kier alpha value is -2.44. The van der Waals surface area contributed by atoms with Crippen LogP contribution in [0.1, 0.15) is 44.0 Å². The van der Waals surface area contributed by atoms with Crippen LogP contribution in [-0.4, -0.2) is 42.3 Å². The molecule has 1 fully saturated rings. The van der Waals surface area contributed by atoms with Crippen molar-refractivity contribution in [3.8, 4) is 17.2 Å². The molecule has 7 heteroatoms. The summed E-state index contributed by atoms with van der Waals surface area (Å²) in [6.45, 7) is 6.72. The highest BCUT2D eigenvalue weighted by Crippen LogP contribution is 2.40. The first kappa shape index (κ1) is 17.9. The Morgan fingerprint density at radius 2 is 1.54 bits per heavy atom. The van der Waals surface area contributed by atoms with E-state index in [0.717, 1.165) is 0 Å². The van der Waals surface area contributed by atoms with Gasteiger partial charge in [-0.1, -0.05) is 0 Å². The van der Waals surface area contributed by atoms with Gasteiger partial charge in [-0.15, -0.1) is 0 Å². The molecule has 0 aromatic heterocycles. The molecule has 132 valence electrons. The fourth-order valence-electron chi connectivity index (χ4n) is 2.33. The average molecular weight is 337 g/mol. The summed E-state index contributed by atoms with van der Waals surface area (Å²) in [6, 6.07) is 3.09. The van der Waals surface area contributed by atoms with Crippen molar-refractivity contribution in [2.75, 3.05) is 19.8 Å². The molecule has 1 aliphatic carbocycles. The second kappa shape index (κ2) is 7.42. The number of hydrogen-bond acceptors (Lipinski definition) is 5. The second-order valence-corrected chi connectivity index (χ2v) is 5.44. The van der Waals surface area contributed by atoms with Crippen molar-refractivity contribution in [2.45, 2.75) is 39.2 Å². The molecule has 7 nitrogen and oxygen atoms in total. The molecular weight excluding hydrogens is 314 g/mol. The van der Waals surface area contributed by atoms with Crippen LogP contribution in [0.2, 0.25) is 0 Å². The Morgan fingerprint density at radius 1 is 1.04 bits per heavy atom. The number of hydrogen-bond donors (Lipinski definition) is 2. The van der Waals surface area contributed by atoms with E-state index in [1.165, 1.54) is 0 Å². The molecule has 0 radical (unpaired) electrons. The van der Waals surface area contributed by atoms with Gasteiger partial charge in [-0.25, -0.2) is 4.79 Å². The Labute approximate surface area is 140 Å². The summed E-state index contributed by atoms with van der Waals surface area (Å²) in [5.74, 6) is -0.250. The molecule has 0 spiro atoms. The maximum atomic E-state index is 12.5. The van der Waals surface area contributed by atoms with Crippen LogP contribution in [0.25, 0.3) is 0 Å². The molecule has 1 aromatic carbocycles. The van der Waals surface area contributed by atoms with Crippen molar-refractivity contribution in [2.24, 2.45) is 0 Å². The molecule has 2 rings (SSSR count). The van der Waals surface area contributed by atoms with E-state index < -0.39 is 17.4 Å². The number of carbonyl (C=O) groups is 2. The summed E-state index contributed by atoms with van der Waals surface area (Å²) in [4.78, 5) is 23.7. The number of carboxylic acid groups (broad SMARTS) is 1. The zero-order valence-corrected chi connectivity index (χ0v) is 14.2. The van der Waals surface area contributed by atoms with Crippen molar-refractivity contribution < 1.29 is 28.9 Å². The Balaban J connectivity index is 2.35. The minimum Gasteiger partial charge on any atom is -0.490 e. The van der Waals surface area contributed by atoms with E-state index in [-0.39, 0.29) is 5.56 Å². The lowest BCUT2D eigenvalue weighted by atomic mass is 10.1. The molecule has 0 unspecified atom stereocenters. The maximum Gasteiger partial charge on any atom is 0.329 e. The van der Waals surface area contributed by atoms with Crippen molar-refractivity contribution in [3.05, 3.63) is 17.7 Å². The molecule has 1 saturated carbocycles. The first-order valence-electron chi connectivity index (χ1n) is 8.09. The average Bonchev–Trinajstić information content (AvgIpc) is 3.31. The van der Waals surface area contributed by atoms with Gasteiger partial charge in [-0.05, 0) is 45.7 Å². The summed E-state index contributed by atoms with van der Waals surface area (Å²) in [5, 5.41) is 11.8. The van der Waals surface area contributed by atoms with Gasteiger partial charge in [-0.2, -0.15) is 0 Å². The minimum atomic E-state index is -1.15. The number of ether oxygens (including phenoxy) is 3. The zero-order valence-electron chi connectivity index (χ0n) is 14.2. The number of amides is 1. The lowest BCUT2D eigenvalue weighted by molar-refractivity contribution is -0.140. The Morgan fingerprint density at radius 3 is 1.92 bits per heavy atom. The molecule has 24 heavy (non-hydrogen) atoms. The number of benzene rings is 1. The number of aliphatic carboxylic acids is 1. The first-order valence-corrected chi connectivity index (χ1v) is 8.09. The van der Waals surface area contributed by atoms with Crippen LogP contribution in [0.15, 0.2) is 12.1 Å². The first-order chi connectivity index (χ1) is 11.5. The topological polar surface area (TPSA) is 94.1 Å². The summed E-state index contributed by atoms with van der Waals surface area (Å²) < 4.78 is 16.7. The van der Waals surface area contributed by atoms with Crippen molar-refractivity contribution >= 4 is 11.9 Å². The van der Waals surface area contributed by atoms with Gasteiger partial charge >= 0.3 is 5.97 Å². The van der Waals surface area contributed by atoms with Crippen LogP contribution in [0.5, 0.6) is 17.2 Å². The molecule has 2 N–H and O–H groups in total. The normalized spacial score (nSPS) is 14.6. The summed E-state index contributed by atoms with van der Waals surface area (Å²) in [6.07, 6.45) is 0.865. The third kappa shape index (κ3) is 3.72. The highest BCUT2D eigenvalue weighted by Gasteiger charge is 2.51. The molecule has 1 aliphatic rings. The van der Waals surface area contributed by atoms with E-state index in [9.17, 15) is 14.7 Å². The lowest BCUT2D eigenvalue weighted by Gasteiger charge is -2.18. The van der Waals surface area contributed by atoms with Crippen molar-refractivity contribution in [3.63, 3.8) is 0 Å². The standard InChI is InChI=1S/C17H23NO6/c1-4-22-12-9-11(10-13(23-5-2)14(12)24-6-3)15(19)18-17(7-8-17)16(20)21/h9-10H,4-8H2,1-3H3,(H,18,19)(H,20,21). The quantitative estimate of drug-likeness (QED) is 0.718. The van der Waals surface area contributed by atoms with Crippen LogP contribution in [0.3, 0.4) is 0 Å². The Bertz CT molecular complexity index is 597. The van der Waals surface area contributed by atoms with Crippen LogP contribution < -0.4 is 19.5 Å². The third-order valence-corrected chi connectivity index (χ3v) is 3.68. The summed E-state index contributed by atoms with van der Waals surface area (Å²) in [7, 11) is 0. The lowest BCUT2D eigenvalue weighted by Crippen LogP contribution is -2.43. The molecule has 1 aromatic rings. The molecule has 1 amide bonds. The fourth-order valence-corrected chi connectivity index (χ4v) is 2.33. The van der Waals surface area contributed by atoms with Crippen molar-refractivity contribution in [1.82, 2.24) is 5.32 Å². The molecule has 0 saturated heterocycles. The SMILES string of the molecule is CCOc1cc(C(=O)NC2(C(=O)O)CC2)cc(OCC)c1OCC. The molecular formula is C17H23NO6. The number of rotatable bonds is 9. The van der Waals surface area contributed by atoms with Gasteiger partial charge < -0.3 is 24.6 Å². The van der Waals surface area contributed by atoms with Gasteiger partial charge in [0.1, 0.15) is 5.54 Å². The van der Waals surface area contributed by atoms with E-state index in [4.69, 9.17) is 14.2 Å². The second-order valence-electron chi connectivity index (χ2n) is 5.44. The maximum absolute atomic E-state index is 12.5. The van der Waals surface area contributed by atoms with Gasteiger partial charge in [0.15, 0.2) is 11.5 Å². The van der Waals surface area contributed by atoms with Gasteiger partial charge in [0.2, 0.25) is 5.75 Å². The minimum absolute atomic E-state index is 0.276. The van der Waals surface area contributed by atoms with Crippen LogP contribution in [0, 0.1) is 0 Å². The Kier molecular flexibility index (Phi) is 5.54. The molecule has 0 atom stereocenters. The van der Waals surface area contributed by atoms with Crippen LogP contribution in [0.4, 0.5) is 0 Å². The van der Waals surface area contributed by atoms with Crippen molar-refractivity contribution in [1.29, 1.82) is 0 Å². The van der Waals surface area contributed by atoms with Gasteiger partial charge in [0.05, 0.1) is 19.8 Å². The number of carbonyl (C=O) groups excluding carboxylic acids is 1. The van der Waals surface area contributed by atoms with Gasteiger partial charge in [0, 0.05) is 5.56 Å². The smallest absolute Gasteiger partial charge is 0.329 e. The summed E-state index contributed by atoms with van der Waals surface area (Å²) >= 11 is 0. The van der Waals surface area contributed by atoms with E-state index >= 15 is 0 Å². The fraction of sp³-hybridized carbons (Fsp3) is 0.529. The molecule has 0 aliphatic heterocycles. The van der Waals surface area contributed by atoms with E-state index in [1.54, 1.807) is 12.1 Å². The van der Waals surface area contributed by atoms with E-state index in [1.807, 2.05) is 20.8 Å². The zero-order chi connectivity index (χ0) is 17.7. The summed E-state index contributed by atoms with van der Waals surface area (Å²) in [5.41, 5.74) is -0.870. The monoisotopic (exact) mass is 337 g/mol. The number of nitrogens with one attached hydrogen (secondary N) is 1. The third-order valence-electron chi connectivity index (χ3n) is 3.68. The molecule has 0 heterocycles. The highest BCUT2D eigenvalue weighted by molar-refractivity contribution is 5.99. The van der Waals surface area contributed by atoms with Crippen LogP contribution >= 0.6 is 0 Å².